The third-order valence-electron chi connectivity index (χ3n) is 4.36. The summed E-state index contributed by atoms with van der Waals surface area (Å²) in [5, 5.41) is 0. The maximum absolute atomic E-state index is 12.5. The first-order chi connectivity index (χ1) is 15.2. The lowest BCUT2D eigenvalue weighted by Gasteiger charge is -2.15. The Kier molecular flexibility index (Phi) is 6.56. The van der Waals surface area contributed by atoms with Gasteiger partial charge in [0.05, 0.1) is 38.3 Å². The Balaban J connectivity index is 2.03. The molecule has 3 rings (SSSR count). The van der Waals surface area contributed by atoms with Crippen molar-refractivity contribution in [3.63, 3.8) is 0 Å². The summed E-state index contributed by atoms with van der Waals surface area (Å²) in [6.45, 7) is 3.68. The Morgan fingerprint density at radius 2 is 1.88 bits per heavy atom. The van der Waals surface area contributed by atoms with E-state index in [2.05, 4.69) is 19.7 Å². The number of esters is 1. The molecule has 0 fully saturated rings. The van der Waals surface area contributed by atoms with Crippen molar-refractivity contribution in [2.75, 3.05) is 20.8 Å². The van der Waals surface area contributed by atoms with Crippen LogP contribution in [0.25, 0.3) is 22.6 Å². The van der Waals surface area contributed by atoms with Crippen molar-refractivity contribution in [2.45, 2.75) is 20.2 Å². The van der Waals surface area contributed by atoms with Gasteiger partial charge in [-0.25, -0.2) is 14.8 Å². The minimum Gasteiger partial charge on any atom is -0.496 e. The van der Waals surface area contributed by atoms with E-state index in [4.69, 9.17) is 14.2 Å². The highest BCUT2D eigenvalue weighted by molar-refractivity contribution is 5.88. The van der Waals surface area contributed by atoms with Crippen LogP contribution in [0.1, 0.15) is 23.0 Å². The minimum atomic E-state index is -4.82. The van der Waals surface area contributed by atoms with Crippen molar-refractivity contribution in [3.8, 4) is 40.0 Å². The Labute approximate surface area is 181 Å². The molecule has 0 aliphatic carbocycles. The number of alkyl halides is 3. The van der Waals surface area contributed by atoms with E-state index < -0.39 is 18.1 Å². The van der Waals surface area contributed by atoms with Gasteiger partial charge in [0.1, 0.15) is 23.0 Å². The quantitative estimate of drug-likeness (QED) is 0.527. The Bertz CT molecular complexity index is 1130. The second-order valence-corrected chi connectivity index (χ2v) is 6.49. The molecule has 0 aliphatic heterocycles. The highest BCUT2D eigenvalue weighted by Gasteiger charge is 2.31. The molecule has 1 N–H and O–H groups in total. The number of ether oxygens (including phenoxy) is 4. The van der Waals surface area contributed by atoms with E-state index in [9.17, 15) is 18.0 Å². The zero-order valence-corrected chi connectivity index (χ0v) is 17.7. The summed E-state index contributed by atoms with van der Waals surface area (Å²) in [6.07, 6.45) is -3.48. The predicted molar refractivity (Wildman–Crippen MR) is 108 cm³/mol. The molecule has 32 heavy (non-hydrogen) atoms. The lowest BCUT2D eigenvalue weighted by molar-refractivity contribution is -0.274. The molecule has 0 bridgehead atoms. The van der Waals surface area contributed by atoms with Crippen molar-refractivity contribution >= 4 is 5.97 Å². The number of pyridine rings is 1. The fourth-order valence-electron chi connectivity index (χ4n) is 3.03. The van der Waals surface area contributed by atoms with Crippen LogP contribution in [0.2, 0.25) is 0 Å². The van der Waals surface area contributed by atoms with Gasteiger partial charge in [0.15, 0.2) is 0 Å². The van der Waals surface area contributed by atoms with Crippen LogP contribution in [-0.2, 0) is 4.74 Å². The number of methoxy groups -OCH3 is 2. The summed E-state index contributed by atoms with van der Waals surface area (Å²) in [4.78, 5) is 23.5. The highest BCUT2D eigenvalue weighted by atomic mass is 19.4. The smallest absolute Gasteiger partial charge is 0.496 e. The molecule has 0 unspecified atom stereocenters. The lowest BCUT2D eigenvalue weighted by atomic mass is 10.0. The van der Waals surface area contributed by atoms with Crippen LogP contribution in [-0.4, -0.2) is 48.1 Å². The van der Waals surface area contributed by atoms with Crippen molar-refractivity contribution in [1.82, 2.24) is 15.0 Å². The van der Waals surface area contributed by atoms with Crippen LogP contribution in [0, 0.1) is 6.92 Å². The van der Waals surface area contributed by atoms with Crippen molar-refractivity contribution in [2.24, 2.45) is 0 Å². The van der Waals surface area contributed by atoms with Gasteiger partial charge in [-0.3, -0.25) is 0 Å². The second-order valence-electron chi connectivity index (χ2n) is 6.49. The summed E-state index contributed by atoms with van der Waals surface area (Å²) in [6, 6.07) is 5.45. The Hall–Kier alpha value is -3.76. The number of hydrogen-bond acceptors (Lipinski definition) is 7. The van der Waals surface area contributed by atoms with E-state index in [1.807, 2.05) is 0 Å². The molecule has 0 amide bonds. The van der Waals surface area contributed by atoms with E-state index in [0.29, 0.717) is 28.2 Å². The summed E-state index contributed by atoms with van der Waals surface area (Å²) in [7, 11) is 2.74. The maximum atomic E-state index is 12.5. The van der Waals surface area contributed by atoms with E-state index in [0.717, 1.165) is 6.07 Å². The molecule has 2 heterocycles. The maximum Gasteiger partial charge on any atom is 0.573 e. The summed E-state index contributed by atoms with van der Waals surface area (Å²) < 4.78 is 57.1. The van der Waals surface area contributed by atoms with Gasteiger partial charge >= 0.3 is 12.3 Å². The fraction of sp³-hybridized carbons (Fsp3) is 0.286. The number of benzene rings is 1. The number of aromatic amines is 1. The molecule has 0 spiro atoms. The molecule has 11 heteroatoms. The molecule has 0 radical (unpaired) electrons. The Morgan fingerprint density at radius 1 is 1.12 bits per heavy atom. The monoisotopic (exact) mass is 451 g/mol. The van der Waals surface area contributed by atoms with Gasteiger partial charge in [-0.15, -0.1) is 13.2 Å². The summed E-state index contributed by atoms with van der Waals surface area (Å²) >= 11 is 0. The first-order valence-corrected chi connectivity index (χ1v) is 9.39. The third-order valence-corrected chi connectivity index (χ3v) is 4.36. The molecule has 0 saturated carbocycles. The number of carbonyl (C=O) groups excluding carboxylic acids is 1. The zero-order valence-electron chi connectivity index (χ0n) is 17.7. The average Bonchev–Trinajstić information content (AvgIpc) is 3.23. The van der Waals surface area contributed by atoms with Crippen LogP contribution in [0.3, 0.4) is 0 Å². The standard InChI is InChI=1S/C21H20F3N3O5/c1-5-31-20(28)15-10-25-18(26-15)14-8-11(2)17(27-19(14)30-4)13-7-6-12(9-16(13)29-3)32-21(22,23)24/h6-10H,5H2,1-4H3,(H,25,26). The number of nitrogens with one attached hydrogen (secondary N) is 1. The van der Waals surface area contributed by atoms with Crippen molar-refractivity contribution < 1.29 is 36.9 Å². The number of hydrogen-bond donors (Lipinski definition) is 1. The number of nitrogens with zero attached hydrogens (tertiary/aromatic N) is 2. The average molecular weight is 451 g/mol. The van der Waals surface area contributed by atoms with Crippen LogP contribution < -0.4 is 14.2 Å². The first kappa shape index (κ1) is 22.9. The van der Waals surface area contributed by atoms with Crippen molar-refractivity contribution in [3.05, 3.63) is 41.7 Å². The number of aromatic nitrogens is 3. The van der Waals surface area contributed by atoms with Crippen LogP contribution in [0.5, 0.6) is 17.4 Å². The van der Waals surface area contributed by atoms with Gasteiger partial charge < -0.3 is 23.9 Å². The molecule has 2 aromatic heterocycles. The van der Waals surface area contributed by atoms with Gasteiger partial charge in [0.2, 0.25) is 5.88 Å². The normalized spacial score (nSPS) is 11.2. The molecule has 0 saturated heterocycles. The SMILES string of the molecule is CCOC(=O)c1cnc(-c2cc(C)c(-c3ccc(OC(F)(F)F)cc3OC)nc2OC)[nH]1. The van der Waals surface area contributed by atoms with E-state index in [-0.39, 0.29) is 23.9 Å². The largest absolute Gasteiger partial charge is 0.573 e. The number of carbonyl (C=O) groups is 1. The topological polar surface area (TPSA) is 95.6 Å². The van der Waals surface area contributed by atoms with E-state index in [1.165, 1.54) is 32.5 Å². The first-order valence-electron chi connectivity index (χ1n) is 9.39. The molecule has 1 aromatic carbocycles. The molecule has 8 nitrogen and oxygen atoms in total. The van der Waals surface area contributed by atoms with Gasteiger partial charge in [-0.05, 0) is 37.6 Å². The van der Waals surface area contributed by atoms with Crippen LogP contribution in [0.4, 0.5) is 13.2 Å². The number of H-pyrrole nitrogens is 1. The number of halogens is 3. The van der Waals surface area contributed by atoms with Gasteiger partial charge in [0, 0.05) is 11.6 Å². The molecular weight excluding hydrogens is 431 g/mol. The molecule has 170 valence electrons. The predicted octanol–water partition coefficient (Wildman–Crippen LogP) is 4.54. The van der Waals surface area contributed by atoms with Gasteiger partial charge in [-0.2, -0.15) is 0 Å². The third kappa shape index (κ3) is 4.93. The Morgan fingerprint density at radius 3 is 2.50 bits per heavy atom. The zero-order chi connectivity index (χ0) is 23.5. The molecule has 0 aliphatic rings. The van der Waals surface area contributed by atoms with Crippen LogP contribution >= 0.6 is 0 Å². The van der Waals surface area contributed by atoms with Crippen molar-refractivity contribution in [1.29, 1.82) is 0 Å². The highest BCUT2D eigenvalue weighted by Crippen LogP contribution is 2.38. The van der Waals surface area contributed by atoms with Gasteiger partial charge in [0.25, 0.3) is 0 Å². The lowest BCUT2D eigenvalue weighted by Crippen LogP contribution is -2.17. The second kappa shape index (κ2) is 9.16. The molecule has 3 aromatic rings. The number of rotatable bonds is 7. The molecule has 0 atom stereocenters. The summed E-state index contributed by atoms with van der Waals surface area (Å²) in [5.74, 6) is -0.292. The van der Waals surface area contributed by atoms with Crippen LogP contribution in [0.15, 0.2) is 30.5 Å². The van der Waals surface area contributed by atoms with E-state index >= 15 is 0 Å². The summed E-state index contributed by atoms with van der Waals surface area (Å²) in [5.41, 5.74) is 2.19. The fourth-order valence-corrected chi connectivity index (χ4v) is 3.03. The molecular formula is C21H20F3N3O5. The van der Waals surface area contributed by atoms with Gasteiger partial charge in [-0.1, -0.05) is 0 Å². The number of imidazole rings is 1. The number of aryl methyl sites for hydroxylation is 1. The minimum absolute atomic E-state index is 0.139. The van der Waals surface area contributed by atoms with E-state index in [1.54, 1.807) is 19.9 Å².